The second-order valence-corrected chi connectivity index (χ2v) is 12.4. The number of hydrogen-bond acceptors (Lipinski definition) is 12. The number of esters is 4. The van der Waals surface area contributed by atoms with Gasteiger partial charge in [-0.1, -0.05) is 30.8 Å². The summed E-state index contributed by atoms with van der Waals surface area (Å²) in [4.78, 5) is 49.7. The zero-order valence-electron chi connectivity index (χ0n) is 30.8. The highest BCUT2D eigenvalue weighted by molar-refractivity contribution is 6.58. The van der Waals surface area contributed by atoms with E-state index in [1.54, 1.807) is 98.8 Å². The minimum Gasteiger partial charge on any atom is -0.494 e. The van der Waals surface area contributed by atoms with E-state index < -0.39 is 31.0 Å². The van der Waals surface area contributed by atoms with Crippen LogP contribution in [0.25, 0.3) is 0 Å². The first-order valence-corrected chi connectivity index (χ1v) is 17.6. The van der Waals surface area contributed by atoms with Gasteiger partial charge in [0.1, 0.15) is 35.4 Å². The van der Waals surface area contributed by atoms with Gasteiger partial charge in [0.2, 0.25) is 0 Å². The summed E-state index contributed by atoms with van der Waals surface area (Å²) in [6, 6.07) is 28.6. The maximum Gasteiger partial charge on any atom is 0.488 e. The highest BCUT2D eigenvalue weighted by atomic mass is 16.5. The van der Waals surface area contributed by atoms with E-state index in [0.29, 0.717) is 64.4 Å². The minimum absolute atomic E-state index is 0.227. The number of ether oxygens (including phenoxy) is 6. The fourth-order valence-corrected chi connectivity index (χ4v) is 5.09. The molecule has 13 heteroatoms. The van der Waals surface area contributed by atoms with Gasteiger partial charge in [-0.3, -0.25) is 0 Å². The molecule has 0 aliphatic heterocycles. The maximum absolute atomic E-state index is 13.0. The zero-order valence-corrected chi connectivity index (χ0v) is 30.8. The normalized spacial score (nSPS) is 10.5. The van der Waals surface area contributed by atoms with E-state index in [9.17, 15) is 29.2 Å². The van der Waals surface area contributed by atoms with Crippen molar-refractivity contribution < 1.29 is 57.6 Å². The van der Waals surface area contributed by atoms with E-state index in [0.717, 1.165) is 11.6 Å². The van der Waals surface area contributed by atoms with Crippen molar-refractivity contribution in [3.8, 4) is 28.7 Å². The molecule has 0 amide bonds. The molecule has 2 N–H and O–H groups in total. The smallest absolute Gasteiger partial charge is 0.488 e. The van der Waals surface area contributed by atoms with Crippen LogP contribution in [0.1, 0.15) is 60.6 Å². The van der Waals surface area contributed by atoms with Crippen LogP contribution in [0.3, 0.4) is 0 Å². The van der Waals surface area contributed by atoms with Gasteiger partial charge in [-0.25, -0.2) is 19.2 Å². The average Bonchev–Trinajstić information content (AvgIpc) is 3.21. The topological polar surface area (TPSA) is 164 Å². The second kappa shape index (κ2) is 19.6. The Labute approximate surface area is 324 Å². The molecular formula is C43H39BO12. The highest BCUT2D eigenvalue weighted by Crippen LogP contribution is 2.31. The molecule has 0 saturated heterocycles. The Morgan fingerprint density at radius 2 is 1.02 bits per heavy atom. The lowest BCUT2D eigenvalue weighted by Crippen LogP contribution is -2.29. The van der Waals surface area contributed by atoms with Crippen LogP contribution in [0.15, 0.2) is 122 Å². The summed E-state index contributed by atoms with van der Waals surface area (Å²) in [6.07, 6.45) is 2.44. The van der Waals surface area contributed by atoms with Crippen molar-refractivity contribution in [2.75, 3.05) is 13.2 Å². The Kier molecular flexibility index (Phi) is 14.2. The summed E-state index contributed by atoms with van der Waals surface area (Å²) in [5, 5.41) is 18.4. The lowest BCUT2D eigenvalue weighted by molar-refractivity contribution is -0.137. The van der Waals surface area contributed by atoms with Crippen molar-refractivity contribution in [2.45, 2.75) is 33.3 Å². The summed E-state index contributed by atoms with van der Waals surface area (Å²) in [5.74, 6) is -0.281. The summed E-state index contributed by atoms with van der Waals surface area (Å²) in [6.45, 7) is 7.78. The van der Waals surface area contributed by atoms with Gasteiger partial charge in [0, 0.05) is 6.08 Å². The predicted octanol–water partition coefficient (Wildman–Crippen LogP) is 6.11. The van der Waals surface area contributed by atoms with Crippen molar-refractivity contribution in [3.05, 3.63) is 155 Å². The third-order valence-corrected chi connectivity index (χ3v) is 8.48. The number of hydrogen-bond donors (Lipinski definition) is 2. The van der Waals surface area contributed by atoms with Crippen LogP contribution >= 0.6 is 0 Å². The molecule has 5 aromatic carbocycles. The quantitative estimate of drug-likeness (QED) is 0.0368. The first-order chi connectivity index (χ1) is 27.0. The lowest BCUT2D eigenvalue weighted by atomic mass is 9.80. The number of carbonyl (C=O) groups is 4. The van der Waals surface area contributed by atoms with Crippen LogP contribution < -0.4 is 29.1 Å². The molecular weight excluding hydrogens is 719 g/mol. The molecule has 0 bridgehead atoms. The first-order valence-electron chi connectivity index (χ1n) is 17.6. The predicted molar refractivity (Wildman–Crippen MR) is 207 cm³/mol. The van der Waals surface area contributed by atoms with Gasteiger partial charge in [-0.2, -0.15) is 0 Å². The van der Waals surface area contributed by atoms with Crippen LogP contribution in [-0.2, 0) is 16.1 Å². The molecule has 0 fully saturated rings. The van der Waals surface area contributed by atoms with Crippen molar-refractivity contribution >= 4 is 36.5 Å². The molecule has 5 aromatic rings. The van der Waals surface area contributed by atoms with Crippen LogP contribution in [0.2, 0.25) is 0 Å². The van der Waals surface area contributed by atoms with Gasteiger partial charge in [0.15, 0.2) is 0 Å². The molecule has 56 heavy (non-hydrogen) atoms. The molecule has 0 saturated carbocycles. The summed E-state index contributed by atoms with van der Waals surface area (Å²) in [7, 11) is -1.55. The highest BCUT2D eigenvalue weighted by Gasteiger charge is 2.18. The fraction of sp³-hybridized carbons (Fsp3) is 0.163. The van der Waals surface area contributed by atoms with E-state index >= 15 is 0 Å². The molecule has 12 nitrogen and oxygen atoms in total. The Bertz CT molecular complexity index is 2140. The molecule has 0 aromatic heterocycles. The Hall–Kier alpha value is -6.70. The van der Waals surface area contributed by atoms with Crippen LogP contribution in [0.4, 0.5) is 0 Å². The molecule has 0 atom stereocenters. The van der Waals surface area contributed by atoms with Gasteiger partial charge in [-0.05, 0) is 134 Å². The Balaban J connectivity index is 1.08. The monoisotopic (exact) mass is 758 g/mol. The van der Waals surface area contributed by atoms with Crippen molar-refractivity contribution in [1.82, 2.24) is 0 Å². The molecule has 0 spiro atoms. The SMILES string of the molecule is C=CC(=O)OCCCCOc1ccc(C(=O)Oc2ccc(OC(=O)c3ccc(OC(=O)c4ccc(COc5ccc(B(O)O)cc5)cc4)cc3)c(C)c2C)cc1. The lowest BCUT2D eigenvalue weighted by Gasteiger charge is -2.14. The molecule has 0 aliphatic rings. The standard InChI is InChI=1S/C43H39BO12/c1-4-40(45)52-26-6-5-25-51-35-17-11-32(12-18-35)42(47)55-38-23-24-39(29(3)28(38)2)56-43(48)33-13-19-37(20-14-33)54-41(46)31-9-7-30(8-10-31)27-53-36-21-15-34(16-22-36)44(49)50/h4,7-24,49-50H,1,5-6,25-27H2,2-3H3. The summed E-state index contributed by atoms with van der Waals surface area (Å²) >= 11 is 0. The molecule has 0 unspecified atom stereocenters. The third kappa shape index (κ3) is 11.4. The largest absolute Gasteiger partial charge is 0.494 e. The zero-order chi connectivity index (χ0) is 40.0. The Morgan fingerprint density at radius 1 is 0.571 bits per heavy atom. The van der Waals surface area contributed by atoms with Gasteiger partial charge < -0.3 is 38.5 Å². The average molecular weight is 759 g/mol. The first kappa shape index (κ1) is 40.5. The van der Waals surface area contributed by atoms with E-state index in [2.05, 4.69) is 6.58 Å². The van der Waals surface area contributed by atoms with Crippen LogP contribution in [-0.4, -0.2) is 54.3 Å². The van der Waals surface area contributed by atoms with Gasteiger partial charge >= 0.3 is 31.0 Å². The summed E-state index contributed by atoms with van der Waals surface area (Å²) < 4.78 is 33.1. The summed E-state index contributed by atoms with van der Waals surface area (Å²) in [5.41, 5.74) is 3.24. The van der Waals surface area contributed by atoms with Crippen LogP contribution in [0.5, 0.6) is 28.7 Å². The fourth-order valence-electron chi connectivity index (χ4n) is 5.09. The number of carbonyl (C=O) groups excluding carboxylic acids is 4. The number of benzene rings is 5. The number of rotatable bonds is 17. The van der Waals surface area contributed by atoms with Crippen LogP contribution in [0, 0.1) is 13.8 Å². The van der Waals surface area contributed by atoms with Gasteiger partial charge in [0.25, 0.3) is 0 Å². The van der Waals surface area contributed by atoms with Gasteiger partial charge in [-0.15, -0.1) is 0 Å². The Morgan fingerprint density at radius 3 is 1.54 bits per heavy atom. The maximum atomic E-state index is 13.0. The molecule has 5 rings (SSSR count). The van der Waals surface area contributed by atoms with E-state index in [1.807, 2.05) is 0 Å². The second-order valence-electron chi connectivity index (χ2n) is 12.4. The molecule has 0 heterocycles. The number of unbranched alkanes of at least 4 members (excludes halogenated alkanes) is 1. The van der Waals surface area contributed by atoms with Crippen molar-refractivity contribution in [1.29, 1.82) is 0 Å². The van der Waals surface area contributed by atoms with E-state index in [1.165, 1.54) is 24.3 Å². The van der Waals surface area contributed by atoms with E-state index in [-0.39, 0.29) is 30.3 Å². The minimum atomic E-state index is -1.55. The van der Waals surface area contributed by atoms with Crippen molar-refractivity contribution in [3.63, 3.8) is 0 Å². The molecule has 286 valence electrons. The van der Waals surface area contributed by atoms with E-state index in [4.69, 9.17) is 28.4 Å². The molecule has 0 radical (unpaired) electrons. The molecule has 0 aliphatic carbocycles. The van der Waals surface area contributed by atoms with Gasteiger partial charge in [0.05, 0.1) is 29.9 Å². The van der Waals surface area contributed by atoms with Crippen molar-refractivity contribution in [2.24, 2.45) is 0 Å². The third-order valence-electron chi connectivity index (χ3n) is 8.48.